The number of aliphatic hydroxyl groups is 1. The topological polar surface area (TPSA) is 80.7 Å². The molecule has 1 fully saturated rings. The average molecular weight is 406 g/mol. The third-order valence-electron chi connectivity index (χ3n) is 5.88. The van der Waals surface area contributed by atoms with Crippen LogP contribution in [0, 0.1) is 6.92 Å². The van der Waals surface area contributed by atoms with E-state index >= 15 is 0 Å². The number of aryl methyl sites for hydroxylation is 1. The largest absolute Gasteiger partial charge is 0.454 e. The Bertz CT molecular complexity index is 1130. The van der Waals surface area contributed by atoms with Gasteiger partial charge in [0.2, 0.25) is 12.7 Å². The second-order valence-corrected chi connectivity index (χ2v) is 7.79. The predicted octanol–water partition coefficient (Wildman–Crippen LogP) is 4.44. The Morgan fingerprint density at radius 1 is 1.10 bits per heavy atom. The average Bonchev–Trinajstić information content (AvgIpc) is 3.45. The molecule has 2 aliphatic rings. The van der Waals surface area contributed by atoms with Gasteiger partial charge in [0.15, 0.2) is 11.5 Å². The third-order valence-corrected chi connectivity index (χ3v) is 5.88. The van der Waals surface area contributed by atoms with Gasteiger partial charge in [-0.2, -0.15) is 0 Å². The van der Waals surface area contributed by atoms with Crippen molar-refractivity contribution in [1.29, 1.82) is 0 Å². The molecule has 2 aromatic carbocycles. The molecule has 6 nitrogen and oxygen atoms in total. The van der Waals surface area contributed by atoms with Crippen LogP contribution in [0.1, 0.15) is 32.5 Å². The number of carbonyl (C=O) groups is 1. The number of nitrogens with one attached hydrogen (secondary N) is 1. The molecule has 1 saturated carbocycles. The van der Waals surface area contributed by atoms with Crippen LogP contribution in [0.3, 0.4) is 0 Å². The number of hydrogen-bond donors (Lipinski definition) is 2. The van der Waals surface area contributed by atoms with Gasteiger partial charge in [-0.25, -0.2) is 4.98 Å². The summed E-state index contributed by atoms with van der Waals surface area (Å²) in [5.74, 6) is 1.90. The number of aliphatic hydroxyl groups excluding tert-OH is 1. The van der Waals surface area contributed by atoms with Crippen LogP contribution in [0.5, 0.6) is 11.5 Å². The summed E-state index contributed by atoms with van der Waals surface area (Å²) in [5, 5.41) is 12.2. The van der Waals surface area contributed by atoms with Gasteiger partial charge in [0.1, 0.15) is 5.82 Å². The highest BCUT2D eigenvalue weighted by molar-refractivity contribution is 6.01. The molecule has 1 amide bonds. The number of hydrogen-bond acceptors (Lipinski definition) is 5. The molecular formula is C24H26N2O4. The molecule has 1 aromatic heterocycles. The van der Waals surface area contributed by atoms with Gasteiger partial charge in [0.25, 0.3) is 0 Å². The molecule has 2 N–H and O–H groups in total. The first kappa shape index (κ1) is 18.6. The van der Waals surface area contributed by atoms with Gasteiger partial charge in [0, 0.05) is 14.1 Å². The van der Waals surface area contributed by atoms with Crippen LogP contribution in [0.2, 0.25) is 0 Å². The highest BCUT2D eigenvalue weighted by Gasteiger charge is 2.51. The summed E-state index contributed by atoms with van der Waals surface area (Å²) in [5.41, 5.74) is 4.13. The normalized spacial score (nSPS) is 15.7. The summed E-state index contributed by atoms with van der Waals surface area (Å²) < 4.78 is 10.8. The van der Waals surface area contributed by atoms with Crippen LogP contribution in [0.4, 0.5) is 5.82 Å². The van der Waals surface area contributed by atoms with Crippen molar-refractivity contribution in [1.82, 2.24) is 4.98 Å². The number of benzene rings is 2. The van der Waals surface area contributed by atoms with Crippen molar-refractivity contribution in [3.63, 3.8) is 0 Å². The lowest BCUT2D eigenvalue weighted by Gasteiger charge is -2.16. The van der Waals surface area contributed by atoms with Crippen LogP contribution in [-0.4, -0.2) is 22.8 Å². The predicted molar refractivity (Wildman–Crippen MR) is 117 cm³/mol. The zero-order chi connectivity index (χ0) is 20.7. The highest BCUT2D eigenvalue weighted by Crippen LogP contribution is 2.51. The van der Waals surface area contributed by atoms with E-state index in [1.807, 2.05) is 61.5 Å². The Morgan fingerprint density at radius 2 is 1.87 bits per heavy atom. The van der Waals surface area contributed by atoms with E-state index in [9.17, 15) is 9.90 Å². The van der Waals surface area contributed by atoms with E-state index in [-0.39, 0.29) is 22.2 Å². The number of carbonyl (C=O) groups excluding carboxylic acids is 1. The lowest BCUT2D eigenvalue weighted by Crippen LogP contribution is -2.28. The van der Waals surface area contributed by atoms with E-state index < -0.39 is 5.41 Å². The number of aromatic nitrogens is 1. The molecule has 0 unspecified atom stereocenters. The zero-order valence-electron chi connectivity index (χ0n) is 16.6. The first-order valence-electron chi connectivity index (χ1n) is 9.98. The van der Waals surface area contributed by atoms with E-state index in [2.05, 4.69) is 10.3 Å². The molecular weight excluding hydrogens is 380 g/mol. The van der Waals surface area contributed by atoms with Gasteiger partial charge in [-0.1, -0.05) is 30.3 Å². The van der Waals surface area contributed by atoms with Gasteiger partial charge < -0.3 is 19.9 Å². The molecule has 1 aliphatic carbocycles. The number of ether oxygens (including phenoxy) is 2. The smallest absolute Gasteiger partial charge is 0.236 e. The summed E-state index contributed by atoms with van der Waals surface area (Å²) in [6, 6.07) is 17.2. The maximum Gasteiger partial charge on any atom is 0.236 e. The summed E-state index contributed by atoms with van der Waals surface area (Å²) in [4.78, 5) is 17.7. The molecule has 2 heterocycles. The molecule has 0 spiro atoms. The van der Waals surface area contributed by atoms with E-state index in [0.29, 0.717) is 11.6 Å². The van der Waals surface area contributed by atoms with E-state index in [0.717, 1.165) is 46.5 Å². The lowest BCUT2D eigenvalue weighted by atomic mass is 9.94. The molecule has 30 heavy (non-hydrogen) atoms. The first-order chi connectivity index (χ1) is 14.6. The molecule has 0 saturated heterocycles. The van der Waals surface area contributed by atoms with E-state index in [1.165, 1.54) is 0 Å². The fraction of sp³-hybridized carbons (Fsp3) is 0.250. The SMILES string of the molecule is Cc1nc(NC(=O)C2(c3ccc4c(c3)OCO4)CC2)ccc1-c1ccc(CO)cc1.[HH].[HH]. The number of amides is 1. The number of rotatable bonds is 5. The molecule has 6 heteroatoms. The number of fused-ring (bicyclic) bond motifs is 1. The standard InChI is InChI=1S/C24H22N2O4.2H2/c1-15-19(17-4-2-16(13-27)3-5-17)7-9-22(25-15)26-23(28)24(10-11-24)18-6-8-20-21(12-18)30-14-29-20;;/h2-9,12,27H,10-11,13-14H2,1H3,(H,25,26,28);2*1H. The van der Waals surface area contributed by atoms with Crippen molar-refractivity contribution < 1.29 is 22.2 Å². The summed E-state index contributed by atoms with van der Waals surface area (Å²) in [6.07, 6.45) is 1.60. The van der Waals surface area contributed by atoms with Crippen molar-refractivity contribution in [2.45, 2.75) is 31.8 Å². The molecule has 5 rings (SSSR count). The number of nitrogens with zero attached hydrogens (tertiary/aromatic N) is 1. The lowest BCUT2D eigenvalue weighted by molar-refractivity contribution is -0.118. The van der Waals surface area contributed by atoms with Crippen molar-refractivity contribution in [2.24, 2.45) is 0 Å². The fourth-order valence-electron chi connectivity index (χ4n) is 3.93. The third kappa shape index (κ3) is 3.19. The van der Waals surface area contributed by atoms with Crippen LogP contribution < -0.4 is 14.8 Å². The van der Waals surface area contributed by atoms with Crippen molar-refractivity contribution in [3.8, 4) is 22.6 Å². The Kier molecular flexibility index (Phi) is 4.44. The minimum atomic E-state index is -0.532. The van der Waals surface area contributed by atoms with Gasteiger partial charge in [-0.15, -0.1) is 0 Å². The molecule has 0 radical (unpaired) electrons. The Morgan fingerprint density at radius 3 is 2.57 bits per heavy atom. The van der Waals surface area contributed by atoms with Gasteiger partial charge in [0.05, 0.1) is 12.0 Å². The minimum absolute atomic E-state index is 0. The molecule has 0 bridgehead atoms. The van der Waals surface area contributed by atoms with Crippen molar-refractivity contribution in [2.75, 3.05) is 12.1 Å². The van der Waals surface area contributed by atoms with Crippen molar-refractivity contribution in [3.05, 3.63) is 71.4 Å². The highest BCUT2D eigenvalue weighted by atomic mass is 16.7. The summed E-state index contributed by atoms with van der Waals surface area (Å²) >= 11 is 0. The fourth-order valence-corrected chi connectivity index (χ4v) is 3.93. The van der Waals surface area contributed by atoms with E-state index in [4.69, 9.17) is 9.47 Å². The first-order valence-corrected chi connectivity index (χ1v) is 9.98. The molecule has 1 aliphatic heterocycles. The van der Waals surface area contributed by atoms with Gasteiger partial charge in [-0.05, 0) is 60.7 Å². The van der Waals surface area contributed by atoms with Crippen LogP contribution in [0.25, 0.3) is 11.1 Å². The maximum atomic E-state index is 13.1. The summed E-state index contributed by atoms with van der Waals surface area (Å²) in [7, 11) is 0. The number of pyridine rings is 1. The Balaban J connectivity index is 0.00000144. The second-order valence-electron chi connectivity index (χ2n) is 7.79. The molecule has 156 valence electrons. The van der Waals surface area contributed by atoms with Gasteiger partial charge in [-0.3, -0.25) is 4.79 Å². The Labute approximate surface area is 177 Å². The Hall–Kier alpha value is -3.38. The zero-order valence-corrected chi connectivity index (χ0v) is 16.6. The van der Waals surface area contributed by atoms with Crippen molar-refractivity contribution >= 4 is 11.7 Å². The molecule has 3 aromatic rings. The van der Waals surface area contributed by atoms with Crippen LogP contribution in [-0.2, 0) is 16.8 Å². The summed E-state index contributed by atoms with van der Waals surface area (Å²) in [6.45, 7) is 2.17. The second kappa shape index (κ2) is 7.15. The quantitative estimate of drug-likeness (QED) is 0.655. The maximum absolute atomic E-state index is 13.1. The minimum Gasteiger partial charge on any atom is -0.454 e. The molecule has 0 atom stereocenters. The number of anilines is 1. The van der Waals surface area contributed by atoms with E-state index in [1.54, 1.807) is 0 Å². The monoisotopic (exact) mass is 406 g/mol. The van der Waals surface area contributed by atoms with Crippen LogP contribution in [0.15, 0.2) is 54.6 Å². The van der Waals surface area contributed by atoms with Gasteiger partial charge >= 0.3 is 0 Å². The van der Waals surface area contributed by atoms with Crippen LogP contribution >= 0.6 is 0 Å².